The molecule has 0 aromatic heterocycles. The molecule has 0 radical (unpaired) electrons. The van der Waals surface area contributed by atoms with Crippen LogP contribution in [-0.4, -0.2) is 18.2 Å². The highest BCUT2D eigenvalue weighted by Crippen LogP contribution is 2.27. The number of hydrogen-bond donors (Lipinski definition) is 1. The van der Waals surface area contributed by atoms with Crippen molar-refractivity contribution in [2.75, 3.05) is 7.11 Å². The maximum absolute atomic E-state index is 11.1. The molecule has 0 amide bonds. The number of esters is 1. The van der Waals surface area contributed by atoms with Crippen LogP contribution >= 0.6 is 21.7 Å². The predicted molar refractivity (Wildman–Crippen MR) is 51.2 cm³/mol. The average molecular weight is 219 g/mol. The first-order chi connectivity index (χ1) is 6.19. The number of carbonyl (C=O) groups is 1. The third-order valence-corrected chi connectivity index (χ3v) is 2.43. The van der Waals surface area contributed by atoms with Gasteiger partial charge in [0.2, 0.25) is 0 Å². The minimum Gasteiger partial charge on any atom is -0.507 e. The lowest BCUT2D eigenvalue weighted by Crippen LogP contribution is -2.01. The van der Waals surface area contributed by atoms with Gasteiger partial charge in [-0.25, -0.2) is 4.79 Å². The van der Waals surface area contributed by atoms with Gasteiger partial charge in [-0.3, -0.25) is 0 Å². The molecule has 0 atom stereocenters. The fraction of sp³-hybridized carbons (Fsp3) is 0.125. The van der Waals surface area contributed by atoms with Gasteiger partial charge in [0.05, 0.1) is 7.11 Å². The molecule has 0 spiro atoms. The molecule has 0 aliphatic carbocycles. The third kappa shape index (κ3) is 2.29. The molecule has 0 aliphatic heterocycles. The van der Waals surface area contributed by atoms with Crippen molar-refractivity contribution in [1.29, 1.82) is 0 Å². The molecule has 0 fully saturated rings. The molecular weight excluding hydrogens is 212 g/mol. The number of hydrogen-bond acceptors (Lipinski definition) is 4. The van der Waals surface area contributed by atoms with Crippen LogP contribution in [0, 0.1) is 0 Å². The molecule has 0 unspecified atom stereocenters. The van der Waals surface area contributed by atoms with Crippen molar-refractivity contribution in [2.24, 2.45) is 0 Å². The van der Waals surface area contributed by atoms with E-state index in [1.807, 2.05) is 0 Å². The monoisotopic (exact) mass is 218 g/mol. The second-order valence-electron chi connectivity index (χ2n) is 2.25. The van der Waals surface area contributed by atoms with Crippen LogP contribution in [0.2, 0.25) is 0 Å². The van der Waals surface area contributed by atoms with Crippen LogP contribution in [-0.2, 0) is 4.74 Å². The van der Waals surface area contributed by atoms with Crippen LogP contribution in [0.5, 0.6) is 5.75 Å². The molecule has 1 aromatic carbocycles. The van der Waals surface area contributed by atoms with E-state index in [4.69, 9.17) is 10.7 Å². The maximum atomic E-state index is 11.1. The van der Waals surface area contributed by atoms with Gasteiger partial charge in [0.1, 0.15) is 11.3 Å². The Morgan fingerprint density at radius 3 is 2.85 bits per heavy atom. The number of aromatic hydroxyl groups is 1. The lowest BCUT2D eigenvalue weighted by Gasteiger charge is -2.03. The zero-order valence-electron chi connectivity index (χ0n) is 6.78. The van der Waals surface area contributed by atoms with Crippen molar-refractivity contribution in [1.82, 2.24) is 0 Å². The average Bonchev–Trinajstić information content (AvgIpc) is 2.17. The highest BCUT2D eigenvalue weighted by atomic mass is 35.7. The third-order valence-electron chi connectivity index (χ3n) is 1.46. The number of methoxy groups -OCH3 is 1. The van der Waals surface area contributed by atoms with Gasteiger partial charge in [-0.2, -0.15) is 0 Å². The topological polar surface area (TPSA) is 46.5 Å². The smallest absolute Gasteiger partial charge is 0.341 e. The van der Waals surface area contributed by atoms with Crippen molar-refractivity contribution in [2.45, 2.75) is 4.90 Å². The number of halogens is 1. The first-order valence-electron chi connectivity index (χ1n) is 3.39. The summed E-state index contributed by atoms with van der Waals surface area (Å²) in [5.41, 5.74) is 0.119. The van der Waals surface area contributed by atoms with E-state index in [-0.39, 0.29) is 11.3 Å². The van der Waals surface area contributed by atoms with Crippen molar-refractivity contribution in [3.63, 3.8) is 0 Å². The minimum absolute atomic E-state index is 0.110. The number of phenolic OH excluding ortho intramolecular Hbond substituents is 1. The van der Waals surface area contributed by atoms with E-state index in [1.165, 1.54) is 19.2 Å². The van der Waals surface area contributed by atoms with Gasteiger partial charge in [0.25, 0.3) is 0 Å². The lowest BCUT2D eigenvalue weighted by molar-refractivity contribution is 0.0597. The minimum atomic E-state index is -0.579. The molecule has 13 heavy (non-hydrogen) atoms. The van der Waals surface area contributed by atoms with E-state index in [9.17, 15) is 9.90 Å². The summed E-state index contributed by atoms with van der Waals surface area (Å²) in [6.07, 6.45) is 0. The summed E-state index contributed by atoms with van der Waals surface area (Å²) >= 11 is 0. The lowest BCUT2D eigenvalue weighted by atomic mass is 10.2. The summed E-state index contributed by atoms with van der Waals surface area (Å²) in [4.78, 5) is 11.7. The molecule has 1 N–H and O–H groups in total. The second kappa shape index (κ2) is 4.39. The van der Waals surface area contributed by atoms with E-state index in [1.54, 1.807) is 6.07 Å². The van der Waals surface area contributed by atoms with Crippen LogP contribution < -0.4 is 0 Å². The largest absolute Gasteiger partial charge is 0.507 e. The molecule has 0 bridgehead atoms. The van der Waals surface area contributed by atoms with Crippen molar-refractivity contribution >= 4 is 27.6 Å². The molecule has 1 rings (SSSR count). The molecule has 0 heterocycles. The van der Waals surface area contributed by atoms with E-state index in [0.29, 0.717) is 4.90 Å². The SMILES string of the molecule is COC(=O)c1cc(SCl)ccc1O. The number of carbonyl (C=O) groups excluding carboxylic acids is 1. The summed E-state index contributed by atoms with van der Waals surface area (Å²) < 4.78 is 4.47. The summed E-state index contributed by atoms with van der Waals surface area (Å²) in [5, 5.41) is 9.28. The van der Waals surface area contributed by atoms with Crippen LogP contribution in [0.25, 0.3) is 0 Å². The Morgan fingerprint density at radius 2 is 2.31 bits per heavy atom. The molecule has 0 saturated heterocycles. The molecule has 5 heteroatoms. The van der Waals surface area contributed by atoms with Crippen LogP contribution in [0.4, 0.5) is 0 Å². The van der Waals surface area contributed by atoms with E-state index in [0.717, 1.165) is 11.0 Å². The highest BCUT2D eigenvalue weighted by molar-refractivity contribution is 8.21. The van der Waals surface area contributed by atoms with Crippen LogP contribution in [0.1, 0.15) is 10.4 Å². The van der Waals surface area contributed by atoms with Gasteiger partial charge < -0.3 is 9.84 Å². The Kier molecular flexibility index (Phi) is 3.45. The first kappa shape index (κ1) is 10.2. The fourth-order valence-electron chi connectivity index (χ4n) is 0.837. The van der Waals surface area contributed by atoms with Gasteiger partial charge in [-0.1, -0.05) is 0 Å². The highest BCUT2D eigenvalue weighted by Gasteiger charge is 2.11. The van der Waals surface area contributed by atoms with E-state index >= 15 is 0 Å². The summed E-state index contributed by atoms with van der Waals surface area (Å²) in [6, 6.07) is 4.48. The number of benzene rings is 1. The normalized spacial score (nSPS) is 9.69. The van der Waals surface area contributed by atoms with Gasteiger partial charge in [-0.05, 0) is 39.9 Å². The van der Waals surface area contributed by atoms with Crippen molar-refractivity contribution in [3.05, 3.63) is 23.8 Å². The molecule has 3 nitrogen and oxygen atoms in total. The molecule has 1 aromatic rings. The maximum Gasteiger partial charge on any atom is 0.341 e. The summed E-state index contributed by atoms with van der Waals surface area (Å²) in [7, 11) is 7.71. The molecule has 0 saturated carbocycles. The van der Waals surface area contributed by atoms with Gasteiger partial charge in [-0.15, -0.1) is 0 Å². The van der Waals surface area contributed by atoms with Crippen molar-refractivity contribution in [3.8, 4) is 5.75 Å². The van der Waals surface area contributed by atoms with Crippen molar-refractivity contribution < 1.29 is 14.6 Å². The predicted octanol–water partition coefficient (Wildman–Crippen LogP) is 2.42. The fourth-order valence-corrected chi connectivity index (χ4v) is 1.41. The van der Waals surface area contributed by atoms with E-state index < -0.39 is 5.97 Å². The zero-order chi connectivity index (χ0) is 9.84. The van der Waals surface area contributed by atoms with Gasteiger partial charge >= 0.3 is 5.97 Å². The van der Waals surface area contributed by atoms with Crippen LogP contribution in [0.15, 0.2) is 23.1 Å². The summed E-state index contributed by atoms with van der Waals surface area (Å²) in [6.45, 7) is 0. The number of phenols is 1. The van der Waals surface area contributed by atoms with Gasteiger partial charge in [0.15, 0.2) is 0 Å². The van der Waals surface area contributed by atoms with Crippen LogP contribution in [0.3, 0.4) is 0 Å². The van der Waals surface area contributed by atoms with Gasteiger partial charge in [0, 0.05) is 4.90 Å². The number of rotatable bonds is 2. The summed E-state index contributed by atoms with van der Waals surface area (Å²) in [5.74, 6) is -0.689. The molecule has 70 valence electrons. The number of ether oxygens (including phenoxy) is 1. The molecular formula is C8H7ClO3S. The zero-order valence-corrected chi connectivity index (χ0v) is 8.35. The Bertz CT molecular complexity index is 327. The Balaban J connectivity index is 3.11. The Labute approximate surface area is 84.2 Å². The Hall–Kier alpha value is -0.870. The quantitative estimate of drug-likeness (QED) is 0.775. The Morgan fingerprint density at radius 1 is 1.62 bits per heavy atom. The molecule has 0 aliphatic rings. The van der Waals surface area contributed by atoms with E-state index in [2.05, 4.69) is 4.74 Å². The first-order valence-corrected chi connectivity index (χ1v) is 5.03. The standard InChI is InChI=1S/C8H7ClO3S/c1-12-8(11)6-4-5(13-9)2-3-7(6)10/h2-4,10H,1H3. The second-order valence-corrected chi connectivity index (χ2v) is 3.34.